The van der Waals surface area contributed by atoms with Gasteiger partial charge in [-0.3, -0.25) is 4.79 Å². The average molecular weight is 265 g/mol. The summed E-state index contributed by atoms with van der Waals surface area (Å²) in [6.45, 7) is 4.68. The maximum atomic E-state index is 11.7. The Labute approximate surface area is 108 Å². The summed E-state index contributed by atoms with van der Waals surface area (Å²) in [5.41, 5.74) is 0. The summed E-state index contributed by atoms with van der Waals surface area (Å²) in [6.07, 6.45) is 1.17. The standard InChI is InChI=1S/C11H20N2O3.ClH/c1-15-3-2-4-16-10-7-13(8-10)11(14)9-5-12-6-9;/h9-10,12H,2-8H2,1H3;1H. The van der Waals surface area contributed by atoms with Gasteiger partial charge >= 0.3 is 0 Å². The van der Waals surface area contributed by atoms with E-state index in [9.17, 15) is 4.79 Å². The van der Waals surface area contributed by atoms with Crippen molar-refractivity contribution in [3.8, 4) is 0 Å². The Balaban J connectivity index is 0.00000144. The average Bonchev–Trinajstić information content (AvgIpc) is 2.11. The molecule has 2 rings (SSSR count). The van der Waals surface area contributed by atoms with Crippen LogP contribution in [-0.2, 0) is 14.3 Å². The highest BCUT2D eigenvalue weighted by atomic mass is 35.5. The zero-order chi connectivity index (χ0) is 11.4. The quantitative estimate of drug-likeness (QED) is 0.681. The van der Waals surface area contributed by atoms with Crippen LogP contribution in [0.15, 0.2) is 0 Å². The molecule has 0 aromatic heterocycles. The molecular formula is C11H21ClN2O3. The first-order chi connectivity index (χ1) is 7.81. The number of ether oxygens (including phenoxy) is 2. The zero-order valence-electron chi connectivity index (χ0n) is 10.2. The molecule has 2 aliphatic heterocycles. The van der Waals surface area contributed by atoms with Gasteiger partial charge in [-0.2, -0.15) is 0 Å². The molecule has 2 aliphatic rings. The van der Waals surface area contributed by atoms with Gasteiger partial charge in [0.05, 0.1) is 12.0 Å². The Morgan fingerprint density at radius 2 is 2.06 bits per heavy atom. The van der Waals surface area contributed by atoms with Crippen LogP contribution in [-0.4, -0.2) is 63.4 Å². The summed E-state index contributed by atoms with van der Waals surface area (Å²) in [4.78, 5) is 13.6. The first kappa shape index (κ1) is 14.7. The highest BCUT2D eigenvalue weighted by molar-refractivity contribution is 5.85. The number of hydrogen-bond donors (Lipinski definition) is 1. The number of nitrogens with zero attached hydrogens (tertiary/aromatic N) is 1. The van der Waals surface area contributed by atoms with E-state index in [0.717, 1.165) is 45.8 Å². The van der Waals surface area contributed by atoms with Gasteiger partial charge in [-0.1, -0.05) is 0 Å². The van der Waals surface area contributed by atoms with Crippen molar-refractivity contribution in [1.29, 1.82) is 0 Å². The number of nitrogens with one attached hydrogen (secondary N) is 1. The molecule has 17 heavy (non-hydrogen) atoms. The van der Waals surface area contributed by atoms with E-state index >= 15 is 0 Å². The van der Waals surface area contributed by atoms with E-state index in [1.807, 2.05) is 4.90 Å². The third kappa shape index (κ3) is 3.81. The number of hydrogen-bond acceptors (Lipinski definition) is 4. The molecule has 6 heteroatoms. The van der Waals surface area contributed by atoms with Crippen molar-refractivity contribution in [3.63, 3.8) is 0 Å². The van der Waals surface area contributed by atoms with Gasteiger partial charge in [-0.05, 0) is 6.42 Å². The molecule has 0 unspecified atom stereocenters. The van der Waals surface area contributed by atoms with E-state index in [4.69, 9.17) is 9.47 Å². The lowest BCUT2D eigenvalue weighted by atomic mass is 9.99. The van der Waals surface area contributed by atoms with E-state index in [-0.39, 0.29) is 30.3 Å². The first-order valence-electron chi connectivity index (χ1n) is 5.91. The molecule has 1 N–H and O–H groups in total. The molecule has 0 aliphatic carbocycles. The van der Waals surface area contributed by atoms with Crippen molar-refractivity contribution >= 4 is 18.3 Å². The van der Waals surface area contributed by atoms with Crippen LogP contribution in [0.4, 0.5) is 0 Å². The molecule has 5 nitrogen and oxygen atoms in total. The van der Waals surface area contributed by atoms with Gasteiger partial charge in [0, 0.05) is 46.5 Å². The summed E-state index contributed by atoms with van der Waals surface area (Å²) >= 11 is 0. The molecule has 2 fully saturated rings. The van der Waals surface area contributed by atoms with Gasteiger partial charge in [0.2, 0.25) is 5.91 Å². The molecule has 1 amide bonds. The number of carbonyl (C=O) groups excluding carboxylic acids is 1. The van der Waals surface area contributed by atoms with Gasteiger partial charge in [-0.25, -0.2) is 0 Å². The molecule has 0 aromatic rings. The van der Waals surface area contributed by atoms with Crippen molar-refractivity contribution in [2.75, 3.05) is 46.5 Å². The Kier molecular flexibility index (Phi) is 6.19. The third-order valence-electron chi connectivity index (χ3n) is 3.14. The van der Waals surface area contributed by atoms with Crippen LogP contribution in [0.1, 0.15) is 6.42 Å². The van der Waals surface area contributed by atoms with E-state index in [1.54, 1.807) is 7.11 Å². The molecule has 100 valence electrons. The van der Waals surface area contributed by atoms with Crippen LogP contribution < -0.4 is 5.32 Å². The molecular weight excluding hydrogens is 244 g/mol. The van der Waals surface area contributed by atoms with Crippen LogP contribution in [0.25, 0.3) is 0 Å². The number of halogens is 1. The van der Waals surface area contributed by atoms with E-state index in [1.165, 1.54) is 0 Å². The maximum absolute atomic E-state index is 11.7. The minimum atomic E-state index is 0. The molecule has 2 saturated heterocycles. The fourth-order valence-corrected chi connectivity index (χ4v) is 1.90. The monoisotopic (exact) mass is 264 g/mol. The highest BCUT2D eigenvalue weighted by Gasteiger charge is 2.36. The Hall–Kier alpha value is -0.360. The van der Waals surface area contributed by atoms with Gasteiger partial charge < -0.3 is 19.7 Å². The SMILES string of the molecule is COCCCOC1CN(C(=O)C2CNC2)C1.Cl. The topological polar surface area (TPSA) is 50.8 Å². The molecule has 0 bridgehead atoms. The van der Waals surface area contributed by atoms with Crippen LogP contribution in [0.2, 0.25) is 0 Å². The summed E-state index contributed by atoms with van der Waals surface area (Å²) in [5, 5.41) is 3.11. The second-order valence-electron chi connectivity index (χ2n) is 4.44. The molecule has 0 saturated carbocycles. The molecule has 0 radical (unpaired) electrons. The Bertz CT molecular complexity index is 243. The number of methoxy groups -OCH3 is 1. The van der Waals surface area contributed by atoms with Crippen molar-refractivity contribution in [2.45, 2.75) is 12.5 Å². The summed E-state index contributed by atoms with van der Waals surface area (Å²) in [6, 6.07) is 0. The van der Waals surface area contributed by atoms with Crippen molar-refractivity contribution in [2.24, 2.45) is 5.92 Å². The Morgan fingerprint density at radius 1 is 1.35 bits per heavy atom. The first-order valence-corrected chi connectivity index (χ1v) is 5.91. The fourth-order valence-electron chi connectivity index (χ4n) is 1.90. The summed E-state index contributed by atoms with van der Waals surface area (Å²) in [5.74, 6) is 0.505. The van der Waals surface area contributed by atoms with Gasteiger partial charge in [-0.15, -0.1) is 12.4 Å². The molecule has 0 atom stereocenters. The number of amides is 1. The van der Waals surface area contributed by atoms with Crippen LogP contribution in [0.3, 0.4) is 0 Å². The summed E-state index contributed by atoms with van der Waals surface area (Å²) < 4.78 is 10.5. The molecule has 0 aromatic carbocycles. The fraction of sp³-hybridized carbons (Fsp3) is 0.909. The van der Waals surface area contributed by atoms with Gasteiger partial charge in [0.1, 0.15) is 0 Å². The van der Waals surface area contributed by atoms with E-state index in [2.05, 4.69) is 5.32 Å². The highest BCUT2D eigenvalue weighted by Crippen LogP contribution is 2.17. The van der Waals surface area contributed by atoms with Crippen molar-refractivity contribution in [3.05, 3.63) is 0 Å². The zero-order valence-corrected chi connectivity index (χ0v) is 11.0. The smallest absolute Gasteiger partial charge is 0.228 e. The van der Waals surface area contributed by atoms with Gasteiger partial charge in [0.15, 0.2) is 0 Å². The lowest BCUT2D eigenvalue weighted by Crippen LogP contribution is -2.60. The van der Waals surface area contributed by atoms with Crippen molar-refractivity contribution < 1.29 is 14.3 Å². The number of likely N-dealkylation sites (tertiary alicyclic amines) is 1. The maximum Gasteiger partial charge on any atom is 0.228 e. The second kappa shape index (κ2) is 7.16. The van der Waals surface area contributed by atoms with Crippen LogP contribution in [0.5, 0.6) is 0 Å². The largest absolute Gasteiger partial charge is 0.385 e. The molecule has 2 heterocycles. The minimum Gasteiger partial charge on any atom is -0.385 e. The molecule has 0 spiro atoms. The second-order valence-corrected chi connectivity index (χ2v) is 4.44. The lowest BCUT2D eigenvalue weighted by molar-refractivity contribution is -0.151. The van der Waals surface area contributed by atoms with E-state index in [0.29, 0.717) is 0 Å². The van der Waals surface area contributed by atoms with Crippen molar-refractivity contribution in [1.82, 2.24) is 10.2 Å². The van der Waals surface area contributed by atoms with Crippen LogP contribution >= 0.6 is 12.4 Å². The lowest BCUT2D eigenvalue weighted by Gasteiger charge is -2.42. The Morgan fingerprint density at radius 3 is 2.59 bits per heavy atom. The van der Waals surface area contributed by atoms with E-state index < -0.39 is 0 Å². The third-order valence-corrected chi connectivity index (χ3v) is 3.14. The minimum absolute atomic E-state index is 0. The number of rotatable bonds is 6. The predicted octanol–water partition coefficient (Wildman–Crippen LogP) is -0.108. The number of carbonyl (C=O) groups is 1. The summed E-state index contributed by atoms with van der Waals surface area (Å²) in [7, 11) is 1.69. The predicted molar refractivity (Wildman–Crippen MR) is 66.4 cm³/mol. The normalized spacial score (nSPS) is 20.4. The van der Waals surface area contributed by atoms with Gasteiger partial charge in [0.25, 0.3) is 0 Å². The van der Waals surface area contributed by atoms with Crippen LogP contribution in [0, 0.1) is 5.92 Å².